The van der Waals surface area contributed by atoms with Crippen molar-refractivity contribution in [3.05, 3.63) is 82.3 Å². The summed E-state index contributed by atoms with van der Waals surface area (Å²) in [4.78, 5) is 38.9. The number of para-hydroxylation sites is 2. The van der Waals surface area contributed by atoms with Crippen molar-refractivity contribution in [3.63, 3.8) is 0 Å². The van der Waals surface area contributed by atoms with E-state index in [1.807, 2.05) is 12.1 Å². The number of carbonyl (C=O) groups excluding carboxylic acids is 3. The molecule has 0 aliphatic carbocycles. The number of Topliss-reactive ketones (excluding diaryl/α,β-unsaturated/α-hetero) is 1. The third kappa shape index (κ3) is 5.75. The van der Waals surface area contributed by atoms with Crippen molar-refractivity contribution in [1.82, 2.24) is 0 Å². The summed E-state index contributed by atoms with van der Waals surface area (Å²) in [5.74, 6) is -0.220. The van der Waals surface area contributed by atoms with Gasteiger partial charge in [0.2, 0.25) is 11.7 Å². The number of rotatable bonds is 8. The smallest absolute Gasteiger partial charge is 0.311 e. The summed E-state index contributed by atoms with van der Waals surface area (Å²) in [5.41, 5.74) is 0.838. The lowest BCUT2D eigenvalue weighted by Crippen LogP contribution is -2.27. The second kappa shape index (κ2) is 10.8. The highest BCUT2D eigenvalue weighted by molar-refractivity contribution is 6.36. The van der Waals surface area contributed by atoms with E-state index in [2.05, 4.69) is 0 Å². The number of amides is 1. The first-order chi connectivity index (χ1) is 16.9. The van der Waals surface area contributed by atoms with Crippen molar-refractivity contribution in [1.29, 1.82) is 0 Å². The molecule has 35 heavy (non-hydrogen) atoms. The number of halogens is 2. The molecule has 1 fully saturated rings. The normalized spacial score (nSPS) is 15.1. The Labute approximate surface area is 212 Å². The van der Waals surface area contributed by atoms with Crippen molar-refractivity contribution < 1.29 is 28.6 Å². The maximum absolute atomic E-state index is 12.6. The van der Waals surface area contributed by atoms with Crippen molar-refractivity contribution in [2.24, 2.45) is 5.92 Å². The Morgan fingerprint density at radius 1 is 1.00 bits per heavy atom. The molecule has 3 aromatic carbocycles. The molecule has 0 unspecified atom stereocenters. The number of benzene rings is 3. The number of ketones is 1. The minimum absolute atomic E-state index is 0.00576. The summed E-state index contributed by atoms with van der Waals surface area (Å²) in [6.45, 7) is -0.319. The predicted octanol–water partition coefficient (Wildman–Crippen LogP) is 5.57. The summed E-state index contributed by atoms with van der Waals surface area (Å²) < 4.78 is 16.3. The van der Waals surface area contributed by atoms with E-state index in [0.29, 0.717) is 28.0 Å². The first kappa shape index (κ1) is 24.6. The summed E-state index contributed by atoms with van der Waals surface area (Å²) >= 11 is 11.9. The van der Waals surface area contributed by atoms with E-state index in [9.17, 15) is 14.4 Å². The van der Waals surface area contributed by atoms with Crippen LogP contribution in [0.15, 0.2) is 66.7 Å². The molecular formula is C26H21Cl2NO6. The first-order valence-electron chi connectivity index (χ1n) is 10.7. The highest BCUT2D eigenvalue weighted by Crippen LogP contribution is 2.33. The van der Waals surface area contributed by atoms with Crippen LogP contribution in [0.3, 0.4) is 0 Å². The maximum atomic E-state index is 12.6. The van der Waals surface area contributed by atoms with E-state index < -0.39 is 24.3 Å². The van der Waals surface area contributed by atoms with Crippen molar-refractivity contribution in [3.8, 4) is 17.2 Å². The molecule has 0 bridgehead atoms. The molecule has 7 nitrogen and oxygen atoms in total. The Morgan fingerprint density at radius 2 is 1.71 bits per heavy atom. The molecule has 1 saturated heterocycles. The van der Waals surface area contributed by atoms with Gasteiger partial charge in [-0.15, -0.1) is 0 Å². The molecular weight excluding hydrogens is 493 g/mol. The number of hydrogen-bond donors (Lipinski definition) is 0. The van der Waals surface area contributed by atoms with Gasteiger partial charge in [-0.2, -0.15) is 0 Å². The lowest BCUT2D eigenvalue weighted by atomic mass is 10.1. The summed E-state index contributed by atoms with van der Waals surface area (Å²) in [6.07, 6.45) is -0.00576. The number of nitrogens with zero attached hydrogens (tertiary/aromatic N) is 1. The molecule has 4 rings (SSSR count). The van der Waals surface area contributed by atoms with Crippen molar-refractivity contribution in [2.45, 2.75) is 6.42 Å². The van der Waals surface area contributed by atoms with E-state index in [1.54, 1.807) is 43.5 Å². The van der Waals surface area contributed by atoms with Gasteiger partial charge in [0.05, 0.1) is 18.1 Å². The van der Waals surface area contributed by atoms with Crippen LogP contribution >= 0.6 is 23.2 Å². The number of anilines is 1. The molecule has 1 heterocycles. The monoisotopic (exact) mass is 513 g/mol. The van der Waals surface area contributed by atoms with Gasteiger partial charge in [0.1, 0.15) is 5.75 Å². The third-order valence-corrected chi connectivity index (χ3v) is 6.03. The zero-order valence-electron chi connectivity index (χ0n) is 18.7. The molecule has 0 aromatic heterocycles. The largest absolute Gasteiger partial charge is 0.493 e. The second-order valence-corrected chi connectivity index (χ2v) is 8.65. The van der Waals surface area contributed by atoms with Crippen LogP contribution in [0.2, 0.25) is 10.0 Å². The zero-order valence-corrected chi connectivity index (χ0v) is 20.2. The topological polar surface area (TPSA) is 82.1 Å². The minimum atomic E-state index is -0.680. The molecule has 0 saturated carbocycles. The zero-order chi connectivity index (χ0) is 24.9. The van der Waals surface area contributed by atoms with E-state index in [4.69, 9.17) is 37.4 Å². The molecule has 180 valence electrons. The van der Waals surface area contributed by atoms with Crippen LogP contribution in [0.5, 0.6) is 17.2 Å². The van der Waals surface area contributed by atoms with Crippen LogP contribution in [0, 0.1) is 5.92 Å². The Morgan fingerprint density at radius 3 is 2.40 bits per heavy atom. The number of ether oxygens (including phenoxy) is 3. The number of carbonyl (C=O) groups is 3. The third-order valence-electron chi connectivity index (χ3n) is 5.48. The van der Waals surface area contributed by atoms with Gasteiger partial charge in [-0.1, -0.05) is 35.3 Å². The van der Waals surface area contributed by atoms with Crippen LogP contribution in [-0.4, -0.2) is 37.9 Å². The van der Waals surface area contributed by atoms with Crippen molar-refractivity contribution in [2.75, 3.05) is 25.2 Å². The van der Waals surface area contributed by atoms with E-state index in [1.165, 1.54) is 23.1 Å². The lowest BCUT2D eigenvalue weighted by Gasteiger charge is -2.17. The van der Waals surface area contributed by atoms with Crippen LogP contribution in [0.4, 0.5) is 5.69 Å². The minimum Gasteiger partial charge on any atom is -0.493 e. The molecule has 0 radical (unpaired) electrons. The second-order valence-electron chi connectivity index (χ2n) is 7.81. The van der Waals surface area contributed by atoms with Gasteiger partial charge < -0.3 is 19.1 Å². The summed E-state index contributed by atoms with van der Waals surface area (Å²) in [6, 6.07) is 18.7. The Balaban J connectivity index is 1.35. The highest BCUT2D eigenvalue weighted by Gasteiger charge is 2.36. The Hall–Kier alpha value is -3.55. The van der Waals surface area contributed by atoms with Gasteiger partial charge in [-0.25, -0.2) is 0 Å². The Kier molecular flexibility index (Phi) is 7.58. The lowest BCUT2D eigenvalue weighted by molar-refractivity contribution is -0.147. The standard InChI is InChI=1S/C26H21Cl2NO6/c1-33-23-4-2-3-5-24(23)35-19-9-7-18(8-10-19)29-14-16(12-25(29)31)26(32)34-15-22(30)20-11-6-17(27)13-21(20)28/h2-11,13,16H,12,14-15H2,1H3/t16-/m1/s1. The van der Waals surface area contributed by atoms with Crippen LogP contribution < -0.4 is 14.4 Å². The van der Waals surface area contributed by atoms with E-state index >= 15 is 0 Å². The molecule has 1 aliphatic heterocycles. The average Bonchev–Trinajstić information content (AvgIpc) is 3.25. The van der Waals surface area contributed by atoms with E-state index in [0.717, 1.165) is 0 Å². The quantitative estimate of drug-likeness (QED) is 0.289. The SMILES string of the molecule is COc1ccccc1Oc1ccc(N2C[C@H](C(=O)OCC(=O)c3ccc(Cl)cc3Cl)CC2=O)cc1. The highest BCUT2D eigenvalue weighted by atomic mass is 35.5. The van der Waals surface area contributed by atoms with Gasteiger partial charge in [-0.3, -0.25) is 14.4 Å². The van der Waals surface area contributed by atoms with Gasteiger partial charge in [-0.05, 0) is 54.6 Å². The fourth-order valence-electron chi connectivity index (χ4n) is 3.69. The average molecular weight is 514 g/mol. The van der Waals surface area contributed by atoms with E-state index in [-0.39, 0.29) is 29.5 Å². The first-order valence-corrected chi connectivity index (χ1v) is 11.5. The fourth-order valence-corrected chi connectivity index (χ4v) is 4.20. The number of methoxy groups -OCH3 is 1. The maximum Gasteiger partial charge on any atom is 0.311 e. The van der Waals surface area contributed by atoms with Crippen LogP contribution in [0.25, 0.3) is 0 Å². The van der Waals surface area contributed by atoms with Gasteiger partial charge >= 0.3 is 5.97 Å². The summed E-state index contributed by atoms with van der Waals surface area (Å²) in [7, 11) is 1.56. The summed E-state index contributed by atoms with van der Waals surface area (Å²) in [5, 5.41) is 0.575. The molecule has 0 spiro atoms. The fraction of sp³-hybridized carbons (Fsp3) is 0.192. The number of hydrogen-bond acceptors (Lipinski definition) is 6. The molecule has 1 amide bonds. The molecule has 1 atom stereocenters. The van der Waals surface area contributed by atoms with Crippen LogP contribution in [0.1, 0.15) is 16.8 Å². The van der Waals surface area contributed by atoms with Gasteiger partial charge in [0, 0.05) is 29.2 Å². The Bertz CT molecular complexity index is 1260. The van der Waals surface area contributed by atoms with Gasteiger partial charge in [0.15, 0.2) is 18.1 Å². The number of esters is 1. The van der Waals surface area contributed by atoms with Gasteiger partial charge in [0.25, 0.3) is 0 Å². The molecule has 3 aromatic rings. The van der Waals surface area contributed by atoms with Crippen molar-refractivity contribution >= 4 is 46.5 Å². The predicted molar refractivity (Wildman–Crippen MR) is 132 cm³/mol. The van der Waals surface area contributed by atoms with Crippen LogP contribution in [-0.2, 0) is 14.3 Å². The molecule has 0 N–H and O–H groups in total. The molecule has 1 aliphatic rings. The molecule has 9 heteroatoms.